The van der Waals surface area contributed by atoms with E-state index in [1.807, 2.05) is 0 Å². The van der Waals surface area contributed by atoms with Gasteiger partial charge in [-0.3, -0.25) is 9.80 Å². The van der Waals surface area contributed by atoms with Gasteiger partial charge in [-0.2, -0.15) is 0 Å². The predicted molar refractivity (Wildman–Crippen MR) is 74.3 cm³/mol. The molecule has 2 nitrogen and oxygen atoms in total. The summed E-state index contributed by atoms with van der Waals surface area (Å²) >= 11 is 0. The van der Waals surface area contributed by atoms with Crippen LogP contribution in [-0.2, 0) is 0 Å². The van der Waals surface area contributed by atoms with E-state index in [0.29, 0.717) is 11.5 Å². The van der Waals surface area contributed by atoms with Crippen molar-refractivity contribution >= 4 is 0 Å². The highest BCUT2D eigenvalue weighted by Crippen LogP contribution is 2.28. The molecule has 0 aromatic heterocycles. The van der Waals surface area contributed by atoms with E-state index in [0.717, 1.165) is 6.04 Å². The van der Waals surface area contributed by atoms with Crippen LogP contribution in [0.4, 0.5) is 0 Å². The highest BCUT2D eigenvalue weighted by molar-refractivity contribution is 4.88. The second-order valence-corrected chi connectivity index (χ2v) is 7.08. The van der Waals surface area contributed by atoms with Crippen LogP contribution in [0.5, 0.6) is 0 Å². The second-order valence-electron chi connectivity index (χ2n) is 7.08. The molecule has 0 radical (unpaired) electrons. The molecule has 0 aromatic rings. The fourth-order valence-corrected chi connectivity index (χ4v) is 3.30. The number of hydrogen-bond acceptors (Lipinski definition) is 2. The molecule has 17 heavy (non-hydrogen) atoms. The average molecular weight is 238 g/mol. The van der Waals surface area contributed by atoms with E-state index in [4.69, 9.17) is 0 Å². The Morgan fingerprint density at radius 1 is 1.00 bits per heavy atom. The molecular weight excluding hydrogens is 208 g/mol. The van der Waals surface area contributed by atoms with Gasteiger partial charge in [-0.15, -0.1) is 0 Å². The quantitative estimate of drug-likeness (QED) is 0.693. The Hall–Kier alpha value is -0.0800. The molecule has 2 aliphatic rings. The van der Waals surface area contributed by atoms with Gasteiger partial charge in [-0.1, -0.05) is 27.2 Å². The summed E-state index contributed by atoms with van der Waals surface area (Å²) in [7, 11) is 0. The lowest BCUT2D eigenvalue weighted by molar-refractivity contribution is 0.0830. The van der Waals surface area contributed by atoms with Crippen molar-refractivity contribution < 1.29 is 0 Å². The summed E-state index contributed by atoms with van der Waals surface area (Å²) in [4.78, 5) is 5.49. The molecule has 0 amide bonds. The first kappa shape index (κ1) is 13.4. The van der Waals surface area contributed by atoms with E-state index < -0.39 is 0 Å². The fraction of sp³-hybridized carbons (Fsp3) is 1.00. The Morgan fingerprint density at radius 3 is 2.41 bits per heavy atom. The van der Waals surface area contributed by atoms with Crippen LogP contribution in [0.1, 0.15) is 53.4 Å². The lowest BCUT2D eigenvalue weighted by atomic mass is 9.86. The minimum atomic E-state index is 0.407. The first-order chi connectivity index (χ1) is 7.98. The van der Waals surface area contributed by atoms with Crippen LogP contribution in [0, 0.1) is 5.41 Å². The van der Waals surface area contributed by atoms with Crippen molar-refractivity contribution in [2.24, 2.45) is 5.41 Å². The van der Waals surface area contributed by atoms with Crippen molar-refractivity contribution in [2.45, 2.75) is 65.5 Å². The van der Waals surface area contributed by atoms with Crippen LogP contribution in [0.15, 0.2) is 0 Å². The van der Waals surface area contributed by atoms with Gasteiger partial charge in [0.05, 0.1) is 0 Å². The third kappa shape index (κ3) is 3.23. The van der Waals surface area contributed by atoms with Crippen molar-refractivity contribution in [3.05, 3.63) is 0 Å². The number of hydrogen-bond donors (Lipinski definition) is 0. The first-order valence-electron chi connectivity index (χ1n) is 7.46. The molecule has 2 aliphatic heterocycles. The topological polar surface area (TPSA) is 6.48 Å². The molecule has 0 aliphatic carbocycles. The number of fused-ring (bicyclic) bond motifs is 1. The molecule has 2 heteroatoms. The monoisotopic (exact) mass is 238 g/mol. The third-order valence-electron chi connectivity index (χ3n) is 4.89. The summed E-state index contributed by atoms with van der Waals surface area (Å²) < 4.78 is 0. The molecule has 2 unspecified atom stereocenters. The Bertz CT molecular complexity index is 244. The molecule has 2 rings (SSSR count). The molecule has 0 bridgehead atoms. The van der Waals surface area contributed by atoms with Gasteiger partial charge in [-0.25, -0.2) is 0 Å². The van der Waals surface area contributed by atoms with Crippen molar-refractivity contribution in [2.75, 3.05) is 26.2 Å². The maximum absolute atomic E-state index is 2.75. The smallest absolute Gasteiger partial charge is 0.0223 e. The summed E-state index contributed by atoms with van der Waals surface area (Å²) in [5.74, 6) is 0. The summed E-state index contributed by atoms with van der Waals surface area (Å²) in [5.41, 5.74) is 0.407. The van der Waals surface area contributed by atoms with Gasteiger partial charge in [0.2, 0.25) is 0 Å². The number of rotatable bonds is 1. The Labute approximate surface area is 107 Å². The van der Waals surface area contributed by atoms with Crippen LogP contribution in [0.25, 0.3) is 0 Å². The lowest BCUT2D eigenvalue weighted by Crippen LogP contribution is -2.48. The first-order valence-corrected chi connectivity index (χ1v) is 7.46. The maximum Gasteiger partial charge on any atom is 0.0223 e. The zero-order chi connectivity index (χ0) is 12.5. The van der Waals surface area contributed by atoms with Crippen LogP contribution >= 0.6 is 0 Å². The van der Waals surface area contributed by atoms with Crippen LogP contribution in [0.3, 0.4) is 0 Å². The Balaban J connectivity index is 2.00. The highest BCUT2D eigenvalue weighted by Gasteiger charge is 2.32. The normalized spacial score (nSPS) is 30.7. The van der Waals surface area contributed by atoms with Crippen LogP contribution in [0.2, 0.25) is 0 Å². The van der Waals surface area contributed by atoms with Crippen molar-refractivity contribution in [3.8, 4) is 0 Å². The van der Waals surface area contributed by atoms with E-state index in [-0.39, 0.29) is 0 Å². The second kappa shape index (κ2) is 5.27. The van der Waals surface area contributed by atoms with Crippen LogP contribution in [-0.4, -0.2) is 48.1 Å². The van der Waals surface area contributed by atoms with Gasteiger partial charge in [-0.05, 0) is 51.2 Å². The zero-order valence-electron chi connectivity index (χ0n) is 12.2. The molecule has 0 spiro atoms. The number of nitrogens with zero attached hydrogens (tertiary/aromatic N) is 2. The predicted octanol–water partition coefficient (Wildman–Crippen LogP) is 2.98. The summed E-state index contributed by atoms with van der Waals surface area (Å²) in [6.07, 6.45) is 5.65. The molecule has 2 heterocycles. The summed E-state index contributed by atoms with van der Waals surface area (Å²) in [5, 5.41) is 0. The van der Waals surface area contributed by atoms with Crippen LogP contribution < -0.4 is 0 Å². The lowest BCUT2D eigenvalue weighted by Gasteiger charge is -2.40. The van der Waals surface area contributed by atoms with Crippen molar-refractivity contribution in [1.29, 1.82) is 0 Å². The Morgan fingerprint density at radius 2 is 1.71 bits per heavy atom. The molecule has 2 atom stereocenters. The van der Waals surface area contributed by atoms with Crippen molar-refractivity contribution in [3.63, 3.8) is 0 Å². The van der Waals surface area contributed by atoms with E-state index in [2.05, 4.69) is 37.5 Å². The molecule has 2 fully saturated rings. The SMILES string of the molecule is CC(N1CCCN2CCCCC2C1)C(C)(C)C. The molecule has 2 saturated heterocycles. The van der Waals surface area contributed by atoms with Gasteiger partial charge in [0.1, 0.15) is 0 Å². The fourth-order valence-electron chi connectivity index (χ4n) is 3.30. The van der Waals surface area contributed by atoms with Gasteiger partial charge in [0.15, 0.2) is 0 Å². The summed E-state index contributed by atoms with van der Waals surface area (Å²) in [6, 6.07) is 1.54. The van der Waals surface area contributed by atoms with Gasteiger partial charge < -0.3 is 0 Å². The molecular formula is C15H30N2. The average Bonchev–Trinajstić information content (AvgIpc) is 2.48. The molecule has 0 saturated carbocycles. The van der Waals surface area contributed by atoms with Crippen molar-refractivity contribution in [1.82, 2.24) is 9.80 Å². The molecule has 0 N–H and O–H groups in total. The Kier molecular flexibility index (Phi) is 4.14. The van der Waals surface area contributed by atoms with E-state index in [1.165, 1.54) is 51.9 Å². The van der Waals surface area contributed by atoms with E-state index in [1.54, 1.807) is 0 Å². The minimum Gasteiger partial charge on any atom is -0.299 e. The standard InChI is InChI=1S/C15H30N2/c1-13(15(2,3)4)17-11-7-10-16-9-6-5-8-14(16)12-17/h13-14H,5-12H2,1-4H3. The largest absolute Gasteiger partial charge is 0.299 e. The highest BCUT2D eigenvalue weighted by atomic mass is 15.3. The molecule has 100 valence electrons. The zero-order valence-corrected chi connectivity index (χ0v) is 12.2. The van der Waals surface area contributed by atoms with Gasteiger partial charge >= 0.3 is 0 Å². The van der Waals surface area contributed by atoms with E-state index >= 15 is 0 Å². The van der Waals surface area contributed by atoms with Gasteiger partial charge in [0.25, 0.3) is 0 Å². The third-order valence-corrected chi connectivity index (χ3v) is 4.89. The molecule has 0 aromatic carbocycles. The van der Waals surface area contributed by atoms with Gasteiger partial charge in [0, 0.05) is 18.6 Å². The number of piperidine rings is 1. The summed E-state index contributed by atoms with van der Waals surface area (Å²) in [6.45, 7) is 14.8. The maximum atomic E-state index is 2.75. The van der Waals surface area contributed by atoms with E-state index in [9.17, 15) is 0 Å². The minimum absolute atomic E-state index is 0.407.